The van der Waals surface area contributed by atoms with Gasteiger partial charge >= 0.3 is 5.97 Å². The smallest absolute Gasteiger partial charge is 0.311 e. The lowest BCUT2D eigenvalue weighted by atomic mass is 10.1. The van der Waals surface area contributed by atoms with Gasteiger partial charge in [-0.2, -0.15) is 0 Å². The van der Waals surface area contributed by atoms with E-state index in [1.165, 1.54) is 11.1 Å². The Morgan fingerprint density at radius 2 is 1.93 bits per heavy atom. The van der Waals surface area contributed by atoms with Crippen LogP contribution in [-0.4, -0.2) is 18.6 Å². The molecule has 0 N–H and O–H groups in total. The zero-order valence-corrected chi connectivity index (χ0v) is 19.7. The van der Waals surface area contributed by atoms with Crippen molar-refractivity contribution in [2.75, 3.05) is 0 Å². The summed E-state index contributed by atoms with van der Waals surface area (Å²) in [5.74, 6) is -0.467. The molecule has 0 aliphatic heterocycles. The molecule has 0 amide bonds. The molecule has 0 saturated heterocycles. The van der Waals surface area contributed by atoms with Gasteiger partial charge < -0.3 is 9.30 Å². The Morgan fingerprint density at radius 1 is 1.26 bits per heavy atom. The van der Waals surface area contributed by atoms with Crippen LogP contribution in [0.5, 0.6) is 0 Å². The molecule has 3 nitrogen and oxygen atoms in total. The number of benzene rings is 1. The standard InChI is InChI=1S/C20H21Br2Cl2NO2/c1-19(2)15(17(21)20(22,23)24)16(19)18(26)27-12-25-9-8-14(11-25)10-13-6-4-3-5-7-13/h3-9,11,15-17H,10,12H2,1-2H3/t15-,16+,17?/m0/s1. The van der Waals surface area contributed by atoms with E-state index < -0.39 is 3.24 Å². The summed E-state index contributed by atoms with van der Waals surface area (Å²) in [6.45, 7) is 4.25. The van der Waals surface area contributed by atoms with Gasteiger partial charge in [0.2, 0.25) is 0 Å². The van der Waals surface area contributed by atoms with E-state index in [1.807, 2.05) is 55.1 Å². The monoisotopic (exact) mass is 535 g/mol. The number of esters is 1. The number of hydrogen-bond acceptors (Lipinski definition) is 2. The summed E-state index contributed by atoms with van der Waals surface area (Å²) < 4.78 is 6.30. The fraction of sp³-hybridized carbons (Fsp3) is 0.450. The van der Waals surface area contributed by atoms with E-state index in [9.17, 15) is 4.79 Å². The second-order valence-electron chi connectivity index (χ2n) is 7.56. The molecule has 1 aromatic heterocycles. The Balaban J connectivity index is 1.56. The lowest BCUT2D eigenvalue weighted by molar-refractivity contribution is -0.150. The maximum absolute atomic E-state index is 12.6. The summed E-state index contributed by atoms with van der Waals surface area (Å²) in [6, 6.07) is 12.3. The van der Waals surface area contributed by atoms with Crippen molar-refractivity contribution in [1.82, 2.24) is 4.57 Å². The fourth-order valence-corrected chi connectivity index (χ4v) is 5.16. The molecule has 1 unspecified atom stereocenters. The van der Waals surface area contributed by atoms with Crippen LogP contribution in [0, 0.1) is 17.3 Å². The maximum Gasteiger partial charge on any atom is 0.311 e. The van der Waals surface area contributed by atoms with Gasteiger partial charge in [-0.1, -0.05) is 83.3 Å². The van der Waals surface area contributed by atoms with Gasteiger partial charge in [-0.25, -0.2) is 0 Å². The third-order valence-electron chi connectivity index (χ3n) is 5.21. The Kier molecular flexibility index (Phi) is 6.36. The second-order valence-corrected chi connectivity index (χ2v) is 12.1. The predicted molar refractivity (Wildman–Crippen MR) is 117 cm³/mol. The number of hydrogen-bond donors (Lipinski definition) is 0. The lowest BCUT2D eigenvalue weighted by Crippen LogP contribution is -2.23. The number of carbonyl (C=O) groups is 1. The molecule has 0 spiro atoms. The molecule has 1 aromatic carbocycles. The van der Waals surface area contributed by atoms with Crippen LogP contribution in [0.15, 0.2) is 48.8 Å². The van der Waals surface area contributed by atoms with Gasteiger partial charge in [0, 0.05) is 12.4 Å². The molecule has 0 radical (unpaired) electrons. The Bertz CT molecular complexity index is 802. The van der Waals surface area contributed by atoms with Crippen molar-refractivity contribution < 1.29 is 9.53 Å². The van der Waals surface area contributed by atoms with Crippen LogP contribution in [-0.2, 0) is 22.7 Å². The van der Waals surface area contributed by atoms with Crippen molar-refractivity contribution in [3.63, 3.8) is 0 Å². The molecule has 146 valence electrons. The van der Waals surface area contributed by atoms with Crippen molar-refractivity contribution in [1.29, 1.82) is 0 Å². The number of halogens is 4. The van der Waals surface area contributed by atoms with E-state index in [2.05, 4.69) is 44.0 Å². The van der Waals surface area contributed by atoms with Crippen molar-refractivity contribution in [3.05, 3.63) is 59.9 Å². The minimum Gasteiger partial charge on any atom is -0.444 e. The molecule has 1 saturated carbocycles. The summed E-state index contributed by atoms with van der Waals surface area (Å²) in [5, 5.41) is 0. The molecular weight excluding hydrogens is 517 g/mol. The van der Waals surface area contributed by atoms with E-state index in [4.69, 9.17) is 27.9 Å². The largest absolute Gasteiger partial charge is 0.444 e. The SMILES string of the molecule is CC1(C)[C@H](C(Br)C(Cl)(Cl)Br)[C@@H]1C(=O)OCn1ccc(Cc2ccccc2)c1. The summed E-state index contributed by atoms with van der Waals surface area (Å²) in [5.41, 5.74) is 2.21. The molecule has 3 atom stereocenters. The Morgan fingerprint density at radius 3 is 2.56 bits per heavy atom. The first-order valence-corrected chi connectivity index (χ1v) is 11.1. The van der Waals surface area contributed by atoms with E-state index in [1.54, 1.807) is 0 Å². The highest BCUT2D eigenvalue weighted by molar-refractivity contribution is 9.13. The lowest BCUT2D eigenvalue weighted by Gasteiger charge is -2.20. The third-order valence-corrected chi connectivity index (χ3v) is 8.57. The Labute approximate surface area is 186 Å². The Hall–Kier alpha value is -0.490. The van der Waals surface area contributed by atoms with Crippen LogP contribution in [0.2, 0.25) is 0 Å². The van der Waals surface area contributed by atoms with E-state index in [-0.39, 0.29) is 34.8 Å². The minimum absolute atomic E-state index is 0.00215. The summed E-state index contributed by atoms with van der Waals surface area (Å²) in [7, 11) is 0. The molecule has 1 aliphatic carbocycles. The van der Waals surface area contributed by atoms with Crippen LogP contribution >= 0.6 is 55.1 Å². The van der Waals surface area contributed by atoms with Crippen LogP contribution in [0.4, 0.5) is 0 Å². The maximum atomic E-state index is 12.6. The molecule has 27 heavy (non-hydrogen) atoms. The zero-order valence-electron chi connectivity index (χ0n) is 15.0. The minimum atomic E-state index is -1.13. The number of nitrogens with zero attached hydrogens (tertiary/aromatic N) is 1. The van der Waals surface area contributed by atoms with Crippen LogP contribution < -0.4 is 0 Å². The highest BCUT2D eigenvalue weighted by Gasteiger charge is 2.67. The quantitative estimate of drug-likeness (QED) is 0.314. The van der Waals surface area contributed by atoms with Crippen LogP contribution in [0.3, 0.4) is 0 Å². The highest BCUT2D eigenvalue weighted by Crippen LogP contribution is 2.65. The van der Waals surface area contributed by atoms with Gasteiger partial charge in [-0.3, -0.25) is 4.79 Å². The molecule has 7 heteroatoms. The molecule has 1 heterocycles. The normalized spacial score (nSPS) is 22.3. The molecule has 2 aromatic rings. The van der Waals surface area contributed by atoms with Gasteiger partial charge in [0.1, 0.15) is 0 Å². The summed E-state index contributed by atoms with van der Waals surface area (Å²) >= 11 is 19.0. The molecular formula is C20H21Br2Cl2NO2. The molecule has 1 fully saturated rings. The number of aromatic nitrogens is 1. The third kappa shape index (κ3) is 4.92. The first-order valence-electron chi connectivity index (χ1n) is 8.66. The number of ether oxygens (including phenoxy) is 1. The number of alkyl halides is 4. The summed E-state index contributed by atoms with van der Waals surface area (Å²) in [4.78, 5) is 12.3. The average Bonchev–Trinajstić information content (AvgIpc) is 2.93. The van der Waals surface area contributed by atoms with Crippen molar-refractivity contribution >= 4 is 61.0 Å². The van der Waals surface area contributed by atoms with Crippen LogP contribution in [0.1, 0.15) is 25.0 Å². The number of carbonyl (C=O) groups excluding carboxylic acids is 1. The van der Waals surface area contributed by atoms with Gasteiger partial charge in [0.05, 0.1) is 10.7 Å². The van der Waals surface area contributed by atoms with E-state index in [0.29, 0.717) is 0 Å². The van der Waals surface area contributed by atoms with E-state index >= 15 is 0 Å². The van der Waals surface area contributed by atoms with Crippen molar-refractivity contribution in [2.45, 2.75) is 35.1 Å². The van der Waals surface area contributed by atoms with Gasteiger partial charge in [-0.15, -0.1) is 0 Å². The average molecular weight is 538 g/mol. The predicted octanol–water partition coefficient (Wildman–Crippen LogP) is 6.14. The fourth-order valence-electron chi connectivity index (χ4n) is 3.61. The van der Waals surface area contributed by atoms with Gasteiger partial charge in [-0.05, 0) is 50.9 Å². The van der Waals surface area contributed by atoms with Gasteiger partial charge in [0.15, 0.2) is 9.97 Å². The topological polar surface area (TPSA) is 31.2 Å². The number of rotatable bonds is 7. The van der Waals surface area contributed by atoms with Crippen molar-refractivity contribution in [2.24, 2.45) is 17.3 Å². The second kappa shape index (κ2) is 8.10. The molecule has 0 bridgehead atoms. The zero-order chi connectivity index (χ0) is 19.8. The van der Waals surface area contributed by atoms with E-state index in [0.717, 1.165) is 6.42 Å². The van der Waals surface area contributed by atoms with Crippen molar-refractivity contribution in [3.8, 4) is 0 Å². The van der Waals surface area contributed by atoms with Gasteiger partial charge in [0.25, 0.3) is 0 Å². The first-order chi connectivity index (χ1) is 12.6. The highest BCUT2D eigenvalue weighted by atomic mass is 79.9. The molecule has 3 rings (SSSR count). The first kappa shape index (κ1) is 21.2. The molecule has 1 aliphatic rings. The van der Waals surface area contributed by atoms with Crippen LogP contribution in [0.25, 0.3) is 0 Å². The summed E-state index contributed by atoms with van der Waals surface area (Å²) in [6.07, 6.45) is 4.78.